The number of methoxy groups -OCH3 is 1. The number of aliphatic hydroxyl groups excluding tert-OH is 2. The topological polar surface area (TPSA) is 104 Å². The molecule has 6 nitrogen and oxygen atoms in total. The largest absolute Gasteiger partial charge is 0.478 e. The Hall–Kier alpha value is -1.92. The van der Waals surface area contributed by atoms with Crippen molar-refractivity contribution < 1.29 is 29.6 Å². The molecule has 1 aromatic rings. The normalized spacial score (nSPS) is 8.88. The number of hydrogen-bond acceptors (Lipinski definition) is 5. The molecular formula is C11H14O6. The fourth-order valence-corrected chi connectivity index (χ4v) is 0.897. The van der Waals surface area contributed by atoms with E-state index in [1.807, 2.05) is 0 Å². The number of carbonyl (C=O) groups excluding carboxylic acids is 1. The fraction of sp³-hybridized carbons (Fsp3) is 0.273. The van der Waals surface area contributed by atoms with Crippen LogP contribution in [0.1, 0.15) is 20.7 Å². The molecule has 0 saturated carbocycles. The van der Waals surface area contributed by atoms with Crippen molar-refractivity contribution in [3.63, 3.8) is 0 Å². The Bertz CT molecular complexity index is 372. The highest BCUT2D eigenvalue weighted by atomic mass is 16.5. The molecule has 0 unspecified atom stereocenters. The average Bonchev–Trinajstić information content (AvgIpc) is 2.38. The van der Waals surface area contributed by atoms with Gasteiger partial charge in [-0.1, -0.05) is 6.07 Å². The zero-order valence-corrected chi connectivity index (χ0v) is 9.29. The van der Waals surface area contributed by atoms with Gasteiger partial charge in [-0.05, 0) is 18.2 Å². The van der Waals surface area contributed by atoms with Gasteiger partial charge in [0.15, 0.2) is 0 Å². The minimum absolute atomic E-state index is 0.0721. The molecule has 0 aliphatic heterocycles. The van der Waals surface area contributed by atoms with Gasteiger partial charge in [0.1, 0.15) is 0 Å². The van der Waals surface area contributed by atoms with Gasteiger partial charge in [0, 0.05) is 0 Å². The molecule has 0 fully saturated rings. The summed E-state index contributed by atoms with van der Waals surface area (Å²) in [6.07, 6.45) is 0. The van der Waals surface area contributed by atoms with Gasteiger partial charge in [-0.25, -0.2) is 9.59 Å². The van der Waals surface area contributed by atoms with Gasteiger partial charge in [0.25, 0.3) is 0 Å². The summed E-state index contributed by atoms with van der Waals surface area (Å²) in [4.78, 5) is 21.5. The van der Waals surface area contributed by atoms with E-state index in [1.54, 1.807) is 0 Å². The highest BCUT2D eigenvalue weighted by molar-refractivity contribution is 5.94. The molecule has 0 aliphatic rings. The molecule has 0 aromatic heterocycles. The quantitative estimate of drug-likeness (QED) is 0.651. The molecular weight excluding hydrogens is 228 g/mol. The number of carboxylic acids is 1. The van der Waals surface area contributed by atoms with E-state index in [2.05, 4.69) is 4.74 Å². The van der Waals surface area contributed by atoms with Crippen LogP contribution < -0.4 is 0 Å². The molecule has 0 saturated heterocycles. The van der Waals surface area contributed by atoms with Crippen molar-refractivity contribution in [2.75, 3.05) is 20.3 Å². The summed E-state index contributed by atoms with van der Waals surface area (Å²) in [7, 11) is 1.25. The molecule has 0 heterocycles. The summed E-state index contributed by atoms with van der Waals surface area (Å²) in [5.74, 6) is -1.60. The van der Waals surface area contributed by atoms with Gasteiger partial charge < -0.3 is 20.1 Å². The first-order valence-electron chi connectivity index (χ1n) is 4.70. The smallest absolute Gasteiger partial charge is 0.337 e. The third kappa shape index (κ3) is 5.64. The molecule has 1 aromatic carbocycles. The van der Waals surface area contributed by atoms with E-state index < -0.39 is 11.9 Å². The van der Waals surface area contributed by atoms with Crippen molar-refractivity contribution in [3.05, 3.63) is 35.4 Å². The second-order valence-corrected chi connectivity index (χ2v) is 2.82. The van der Waals surface area contributed by atoms with E-state index in [9.17, 15) is 9.59 Å². The monoisotopic (exact) mass is 242 g/mol. The van der Waals surface area contributed by atoms with Crippen LogP contribution in [0.25, 0.3) is 0 Å². The average molecular weight is 242 g/mol. The first-order valence-corrected chi connectivity index (χ1v) is 4.70. The zero-order chi connectivity index (χ0) is 13.3. The molecule has 0 radical (unpaired) electrons. The Morgan fingerprint density at radius 3 is 2.12 bits per heavy atom. The number of aliphatic hydroxyl groups is 2. The van der Waals surface area contributed by atoms with E-state index in [1.165, 1.54) is 31.4 Å². The Morgan fingerprint density at radius 1 is 1.18 bits per heavy atom. The highest BCUT2D eigenvalue weighted by Gasteiger charge is 2.08. The summed E-state index contributed by atoms with van der Waals surface area (Å²) in [6, 6.07) is 5.68. The van der Waals surface area contributed by atoms with Crippen LogP contribution in [0.5, 0.6) is 0 Å². The Morgan fingerprint density at radius 2 is 1.71 bits per heavy atom. The van der Waals surface area contributed by atoms with Crippen LogP contribution in [0.3, 0.4) is 0 Å². The molecule has 0 atom stereocenters. The number of esters is 1. The van der Waals surface area contributed by atoms with Crippen LogP contribution in [-0.4, -0.2) is 47.6 Å². The summed E-state index contributed by atoms with van der Waals surface area (Å²) in [5.41, 5.74) is 0.310. The minimum Gasteiger partial charge on any atom is -0.478 e. The van der Waals surface area contributed by atoms with Crippen molar-refractivity contribution in [1.82, 2.24) is 0 Å². The van der Waals surface area contributed by atoms with E-state index >= 15 is 0 Å². The number of aromatic carboxylic acids is 1. The van der Waals surface area contributed by atoms with Gasteiger partial charge in [0.05, 0.1) is 31.5 Å². The van der Waals surface area contributed by atoms with Crippen LogP contribution in [0.15, 0.2) is 24.3 Å². The minimum atomic E-state index is -1.06. The maximum Gasteiger partial charge on any atom is 0.337 e. The second-order valence-electron chi connectivity index (χ2n) is 2.82. The molecule has 94 valence electrons. The van der Waals surface area contributed by atoms with Crippen LogP contribution in [0, 0.1) is 0 Å². The summed E-state index contributed by atoms with van der Waals surface area (Å²) < 4.78 is 4.44. The Balaban J connectivity index is 0.000000557. The standard InChI is InChI=1S/C9H8O4.C2H6O2/c1-13-9(12)7-4-2-3-6(5-7)8(10)11;3-1-2-4/h2-5H,1H3,(H,10,11);3-4H,1-2H2. The molecule has 6 heteroatoms. The lowest BCUT2D eigenvalue weighted by Gasteiger charge is -1.99. The molecule has 3 N–H and O–H groups in total. The number of hydrogen-bond donors (Lipinski definition) is 3. The van der Waals surface area contributed by atoms with Crippen molar-refractivity contribution in [2.24, 2.45) is 0 Å². The highest BCUT2D eigenvalue weighted by Crippen LogP contribution is 2.06. The van der Waals surface area contributed by atoms with Gasteiger partial charge in [-0.15, -0.1) is 0 Å². The number of rotatable bonds is 3. The van der Waals surface area contributed by atoms with Gasteiger partial charge in [-0.3, -0.25) is 0 Å². The van der Waals surface area contributed by atoms with Gasteiger partial charge in [0.2, 0.25) is 0 Å². The van der Waals surface area contributed by atoms with Crippen molar-refractivity contribution in [2.45, 2.75) is 0 Å². The Labute approximate surface area is 98.1 Å². The van der Waals surface area contributed by atoms with E-state index in [4.69, 9.17) is 15.3 Å². The molecule has 0 bridgehead atoms. The first-order chi connectivity index (χ1) is 8.06. The van der Waals surface area contributed by atoms with Crippen molar-refractivity contribution in [1.29, 1.82) is 0 Å². The lowest BCUT2D eigenvalue weighted by Crippen LogP contribution is -2.03. The SMILES string of the molecule is COC(=O)c1cccc(C(=O)O)c1.OCCO. The molecule has 0 spiro atoms. The van der Waals surface area contributed by atoms with Crippen LogP contribution in [0.2, 0.25) is 0 Å². The maximum absolute atomic E-state index is 11.0. The number of carboxylic acid groups (broad SMARTS) is 1. The fourth-order valence-electron chi connectivity index (χ4n) is 0.897. The lowest BCUT2D eigenvalue weighted by atomic mass is 10.1. The van der Waals surface area contributed by atoms with Gasteiger partial charge in [-0.2, -0.15) is 0 Å². The number of carbonyl (C=O) groups is 2. The van der Waals surface area contributed by atoms with E-state index in [0.717, 1.165) is 0 Å². The predicted octanol–water partition coefficient (Wildman–Crippen LogP) is 0.142. The second kappa shape index (κ2) is 8.26. The summed E-state index contributed by atoms with van der Waals surface area (Å²) >= 11 is 0. The van der Waals surface area contributed by atoms with E-state index in [-0.39, 0.29) is 24.3 Å². The summed E-state index contributed by atoms with van der Waals surface area (Å²) in [5, 5.41) is 23.9. The zero-order valence-electron chi connectivity index (χ0n) is 9.29. The summed E-state index contributed by atoms with van der Waals surface area (Å²) in [6.45, 7) is -0.250. The number of benzene rings is 1. The van der Waals surface area contributed by atoms with Crippen molar-refractivity contribution in [3.8, 4) is 0 Å². The maximum atomic E-state index is 11.0. The van der Waals surface area contributed by atoms with Gasteiger partial charge >= 0.3 is 11.9 Å². The Kier molecular flexibility index (Phi) is 7.32. The molecule has 0 amide bonds. The van der Waals surface area contributed by atoms with E-state index in [0.29, 0.717) is 0 Å². The number of ether oxygens (including phenoxy) is 1. The van der Waals surface area contributed by atoms with Crippen LogP contribution in [-0.2, 0) is 4.74 Å². The van der Waals surface area contributed by atoms with Crippen LogP contribution in [0.4, 0.5) is 0 Å². The third-order valence-electron chi connectivity index (χ3n) is 1.63. The first kappa shape index (κ1) is 15.1. The third-order valence-corrected chi connectivity index (χ3v) is 1.63. The molecule has 1 rings (SSSR count). The van der Waals surface area contributed by atoms with Crippen molar-refractivity contribution >= 4 is 11.9 Å². The molecule has 0 aliphatic carbocycles. The predicted molar refractivity (Wildman–Crippen MR) is 58.9 cm³/mol. The lowest BCUT2D eigenvalue weighted by molar-refractivity contribution is 0.0600. The molecule has 17 heavy (non-hydrogen) atoms. The van der Waals surface area contributed by atoms with Crippen LogP contribution >= 0.6 is 0 Å².